The van der Waals surface area contributed by atoms with Gasteiger partial charge in [0.25, 0.3) is 11.5 Å². The number of hydrogen-bond donors (Lipinski definition) is 1. The van der Waals surface area contributed by atoms with E-state index in [0.29, 0.717) is 30.9 Å². The van der Waals surface area contributed by atoms with Crippen molar-refractivity contribution in [1.82, 2.24) is 9.47 Å². The summed E-state index contributed by atoms with van der Waals surface area (Å²) in [5.41, 5.74) is 4.01. The molecule has 1 aromatic heterocycles. The Morgan fingerprint density at radius 2 is 1.67 bits per heavy atom. The number of aromatic nitrogens is 1. The Morgan fingerprint density at radius 3 is 2.36 bits per heavy atom. The van der Waals surface area contributed by atoms with E-state index in [0.717, 1.165) is 23.2 Å². The summed E-state index contributed by atoms with van der Waals surface area (Å²) in [4.78, 5) is 39.0. The molecular formula is C26H24FN3O3. The summed E-state index contributed by atoms with van der Waals surface area (Å²) in [6, 6.07) is 16.6. The highest BCUT2D eigenvalue weighted by atomic mass is 19.1. The number of amides is 2. The van der Waals surface area contributed by atoms with Gasteiger partial charge in [-0.05, 0) is 60.4 Å². The van der Waals surface area contributed by atoms with Crippen LogP contribution in [0.5, 0.6) is 0 Å². The van der Waals surface area contributed by atoms with Crippen LogP contribution in [0.25, 0.3) is 11.1 Å². The van der Waals surface area contributed by atoms with E-state index < -0.39 is 0 Å². The number of likely N-dealkylation sites (tertiary alicyclic amines) is 1. The molecule has 33 heavy (non-hydrogen) atoms. The third kappa shape index (κ3) is 4.06. The van der Waals surface area contributed by atoms with E-state index in [1.165, 1.54) is 31.2 Å². The molecule has 2 amide bonds. The lowest BCUT2D eigenvalue weighted by molar-refractivity contribution is -0.114. The van der Waals surface area contributed by atoms with Crippen molar-refractivity contribution in [2.45, 2.75) is 25.8 Å². The van der Waals surface area contributed by atoms with Crippen LogP contribution < -0.4 is 10.9 Å². The summed E-state index contributed by atoms with van der Waals surface area (Å²) in [6.07, 6.45) is 0.910. The van der Waals surface area contributed by atoms with E-state index in [1.54, 1.807) is 6.07 Å². The summed E-state index contributed by atoms with van der Waals surface area (Å²) in [5, 5.41) is 2.77. The van der Waals surface area contributed by atoms with Crippen molar-refractivity contribution in [3.05, 3.63) is 88.1 Å². The van der Waals surface area contributed by atoms with Gasteiger partial charge in [0.2, 0.25) is 5.91 Å². The van der Waals surface area contributed by atoms with Crippen LogP contribution in [0.2, 0.25) is 0 Å². The molecule has 3 aromatic rings. The van der Waals surface area contributed by atoms with E-state index in [9.17, 15) is 18.8 Å². The van der Waals surface area contributed by atoms with Gasteiger partial charge in [-0.15, -0.1) is 0 Å². The number of piperidine rings is 1. The highest BCUT2D eigenvalue weighted by Gasteiger charge is 2.38. The van der Waals surface area contributed by atoms with Crippen molar-refractivity contribution in [2.24, 2.45) is 5.92 Å². The monoisotopic (exact) mass is 445 g/mol. The molecule has 5 rings (SSSR count). The smallest absolute Gasteiger partial charge is 0.253 e. The second-order valence-electron chi connectivity index (χ2n) is 8.86. The largest absolute Gasteiger partial charge is 0.338 e. The summed E-state index contributed by atoms with van der Waals surface area (Å²) < 4.78 is 15.2. The fraction of sp³-hybridized carbons (Fsp3) is 0.269. The number of anilines is 1. The van der Waals surface area contributed by atoms with E-state index in [4.69, 9.17) is 0 Å². The molecule has 1 fully saturated rings. The van der Waals surface area contributed by atoms with Gasteiger partial charge < -0.3 is 14.8 Å². The van der Waals surface area contributed by atoms with Crippen molar-refractivity contribution in [3.8, 4) is 11.1 Å². The van der Waals surface area contributed by atoms with Crippen LogP contribution in [0.4, 0.5) is 10.1 Å². The van der Waals surface area contributed by atoms with E-state index in [-0.39, 0.29) is 35.0 Å². The molecule has 2 atom stereocenters. The van der Waals surface area contributed by atoms with Crippen molar-refractivity contribution >= 4 is 17.5 Å². The minimum atomic E-state index is -0.371. The Balaban J connectivity index is 1.49. The maximum atomic E-state index is 13.3. The molecule has 0 saturated carbocycles. The van der Waals surface area contributed by atoms with Crippen LogP contribution in [0.3, 0.4) is 0 Å². The number of rotatable bonds is 3. The maximum absolute atomic E-state index is 13.3. The first-order valence-corrected chi connectivity index (χ1v) is 11.1. The second-order valence-corrected chi connectivity index (χ2v) is 8.86. The molecule has 2 aliphatic heterocycles. The van der Waals surface area contributed by atoms with E-state index in [1.807, 2.05) is 39.8 Å². The number of nitrogens with one attached hydrogen (secondary N) is 1. The molecule has 168 valence electrons. The highest BCUT2D eigenvalue weighted by Crippen LogP contribution is 2.40. The number of fused-ring (bicyclic) bond motifs is 4. The zero-order valence-electron chi connectivity index (χ0n) is 18.3. The van der Waals surface area contributed by atoms with Crippen LogP contribution >= 0.6 is 0 Å². The molecule has 2 bridgehead atoms. The van der Waals surface area contributed by atoms with Gasteiger partial charge in [-0.3, -0.25) is 14.4 Å². The number of halogens is 1. The molecule has 3 heterocycles. The molecule has 2 aliphatic rings. The molecule has 7 heteroatoms. The Morgan fingerprint density at radius 1 is 0.939 bits per heavy atom. The summed E-state index contributed by atoms with van der Waals surface area (Å²) in [5.74, 6) is -0.399. The maximum Gasteiger partial charge on any atom is 0.253 e. The second kappa shape index (κ2) is 8.31. The summed E-state index contributed by atoms with van der Waals surface area (Å²) in [6.45, 7) is 3.11. The molecule has 1 saturated heterocycles. The first-order chi connectivity index (χ1) is 15.9. The van der Waals surface area contributed by atoms with Gasteiger partial charge in [-0.1, -0.05) is 12.1 Å². The quantitative estimate of drug-likeness (QED) is 0.665. The molecule has 1 N–H and O–H groups in total. The van der Waals surface area contributed by atoms with Gasteiger partial charge in [0.1, 0.15) is 5.82 Å². The molecule has 0 radical (unpaired) electrons. The minimum absolute atomic E-state index is 0.0285. The number of pyridine rings is 1. The molecule has 0 spiro atoms. The predicted molar refractivity (Wildman–Crippen MR) is 124 cm³/mol. The lowest BCUT2D eigenvalue weighted by atomic mass is 9.80. The molecule has 2 aromatic carbocycles. The fourth-order valence-electron chi connectivity index (χ4n) is 5.14. The lowest BCUT2D eigenvalue weighted by Gasteiger charge is -2.43. The van der Waals surface area contributed by atoms with Crippen LogP contribution in [0, 0.1) is 11.7 Å². The van der Waals surface area contributed by atoms with Crippen LogP contribution in [0.1, 0.15) is 35.3 Å². The van der Waals surface area contributed by atoms with Gasteiger partial charge in [-0.25, -0.2) is 4.39 Å². The van der Waals surface area contributed by atoms with Gasteiger partial charge >= 0.3 is 0 Å². The zero-order chi connectivity index (χ0) is 23.1. The Bertz CT molecular complexity index is 1280. The van der Waals surface area contributed by atoms with Crippen LogP contribution in [-0.4, -0.2) is 34.4 Å². The molecule has 0 unspecified atom stereocenters. The molecular weight excluding hydrogens is 421 g/mol. The number of hydrogen-bond acceptors (Lipinski definition) is 3. The van der Waals surface area contributed by atoms with Gasteiger partial charge in [0, 0.05) is 61.1 Å². The van der Waals surface area contributed by atoms with E-state index >= 15 is 0 Å². The van der Waals surface area contributed by atoms with Gasteiger partial charge in [0.05, 0.1) is 0 Å². The van der Waals surface area contributed by atoms with Crippen molar-refractivity contribution < 1.29 is 14.0 Å². The highest BCUT2D eigenvalue weighted by molar-refractivity contribution is 5.94. The third-order valence-corrected chi connectivity index (χ3v) is 6.48. The first-order valence-electron chi connectivity index (χ1n) is 11.1. The standard InChI is InChI=1S/C26H24FN3O3/c1-16(31)28-22-8-4-18(5-9-22)23-10-11-24(32)30-14-17-12-20(25(23)30)15-29(13-17)26(33)19-2-6-21(27)7-3-19/h2-11,17,20H,12-15H2,1H3,(H,28,31)/t17-,20-/m0/s1. The van der Waals surface area contributed by atoms with Gasteiger partial charge in [0.15, 0.2) is 0 Å². The number of carbonyl (C=O) groups is 2. The van der Waals surface area contributed by atoms with Crippen molar-refractivity contribution in [2.75, 3.05) is 18.4 Å². The molecule has 6 nitrogen and oxygen atoms in total. The minimum Gasteiger partial charge on any atom is -0.338 e. The lowest BCUT2D eigenvalue weighted by Crippen LogP contribution is -2.49. The zero-order valence-corrected chi connectivity index (χ0v) is 18.3. The SMILES string of the molecule is CC(=O)Nc1ccc(-c2ccc(=O)n3c2[C@H]2C[C@@H](CN(C(=O)c4ccc(F)cc4)C2)C3)cc1. The number of nitrogens with zero attached hydrogens (tertiary/aromatic N) is 2. The van der Waals surface area contributed by atoms with Crippen LogP contribution in [-0.2, 0) is 11.3 Å². The van der Waals surface area contributed by atoms with E-state index in [2.05, 4.69) is 5.32 Å². The number of benzene rings is 2. The van der Waals surface area contributed by atoms with Crippen molar-refractivity contribution in [1.29, 1.82) is 0 Å². The normalized spacial score (nSPS) is 19.0. The topological polar surface area (TPSA) is 71.4 Å². The van der Waals surface area contributed by atoms with Crippen molar-refractivity contribution in [3.63, 3.8) is 0 Å². The third-order valence-electron chi connectivity index (χ3n) is 6.48. The Labute approximate surface area is 190 Å². The average molecular weight is 445 g/mol. The van der Waals surface area contributed by atoms with Gasteiger partial charge in [-0.2, -0.15) is 0 Å². The summed E-state index contributed by atoms with van der Waals surface area (Å²) in [7, 11) is 0. The van der Waals surface area contributed by atoms with Crippen LogP contribution in [0.15, 0.2) is 65.5 Å². The average Bonchev–Trinajstić information content (AvgIpc) is 2.80. The fourth-order valence-corrected chi connectivity index (χ4v) is 5.14. The Kier molecular flexibility index (Phi) is 5.32. The molecule has 0 aliphatic carbocycles. The first kappa shape index (κ1) is 21.1. The predicted octanol–water partition coefficient (Wildman–Crippen LogP) is 3.87. The number of carbonyl (C=O) groups excluding carboxylic acids is 2. The Hall–Kier alpha value is -3.74. The summed E-state index contributed by atoms with van der Waals surface area (Å²) >= 11 is 0.